The number of nitrogens with two attached hydrogens (primary N) is 1. The molecule has 0 radical (unpaired) electrons. The highest BCUT2D eigenvalue weighted by Gasteiger charge is 2.45. The molecule has 11 nitrogen and oxygen atoms in total. The average molecular weight is 473 g/mol. The summed E-state index contributed by atoms with van der Waals surface area (Å²) in [6, 6.07) is 8.17. The summed E-state index contributed by atoms with van der Waals surface area (Å²) in [4.78, 5) is 11.6. The van der Waals surface area contributed by atoms with Gasteiger partial charge in [-0.05, 0) is 31.5 Å². The molecule has 0 bridgehead atoms. The van der Waals surface area contributed by atoms with E-state index in [1.165, 1.54) is 11.6 Å². The van der Waals surface area contributed by atoms with Crippen LogP contribution in [-0.2, 0) is 20.8 Å². The van der Waals surface area contributed by atoms with Crippen LogP contribution in [0.3, 0.4) is 0 Å². The molecule has 0 aliphatic carbocycles. The number of carbonyl (C=O) groups is 1. The Morgan fingerprint density at radius 3 is 2.82 bits per heavy atom. The van der Waals surface area contributed by atoms with E-state index in [1.54, 1.807) is 24.4 Å². The van der Waals surface area contributed by atoms with E-state index < -0.39 is 30.6 Å². The van der Waals surface area contributed by atoms with Gasteiger partial charge in [0, 0.05) is 19.1 Å². The molecule has 5 unspecified atom stereocenters. The van der Waals surface area contributed by atoms with Crippen molar-refractivity contribution in [2.45, 2.75) is 69.8 Å². The van der Waals surface area contributed by atoms with Crippen LogP contribution in [0.1, 0.15) is 38.2 Å². The maximum Gasteiger partial charge on any atom is 0.217 e. The number of benzene rings is 1. The number of nitrogens with one attached hydrogen (secondary N) is 1. The molecule has 2 aromatic rings. The largest absolute Gasteiger partial charge is 0.388 e. The number of ether oxygens (including phenoxy) is 2. The van der Waals surface area contributed by atoms with Crippen LogP contribution in [0.4, 0.5) is 0 Å². The smallest absolute Gasteiger partial charge is 0.217 e. The highest BCUT2D eigenvalue weighted by atomic mass is 16.7. The normalized spacial score (nSPS) is 24.5. The van der Waals surface area contributed by atoms with E-state index in [2.05, 4.69) is 21.7 Å². The molecule has 1 amide bonds. The van der Waals surface area contributed by atoms with Gasteiger partial charge in [-0.25, -0.2) is 4.68 Å². The Bertz CT molecular complexity index is 977. The topological polar surface area (TPSA) is 169 Å². The van der Waals surface area contributed by atoms with E-state index in [-0.39, 0.29) is 12.5 Å². The number of aliphatic hydroxyl groups excluding tert-OH is 2. The Kier molecular flexibility index (Phi) is 9.50. The van der Waals surface area contributed by atoms with Crippen LogP contribution in [-0.4, -0.2) is 74.9 Å². The summed E-state index contributed by atoms with van der Waals surface area (Å²) < 4.78 is 13.3. The third kappa shape index (κ3) is 6.82. The fourth-order valence-electron chi connectivity index (χ4n) is 3.86. The summed E-state index contributed by atoms with van der Waals surface area (Å²) in [6.45, 7) is 2.46. The van der Waals surface area contributed by atoms with E-state index in [0.717, 1.165) is 31.2 Å². The van der Waals surface area contributed by atoms with Crippen LogP contribution in [0.2, 0.25) is 0 Å². The fraction of sp³-hybridized carbons (Fsp3) is 0.565. The average Bonchev–Trinajstić information content (AvgIpc) is 3.30. The Balaban J connectivity index is 1.67. The molecule has 1 aliphatic rings. The molecule has 11 heteroatoms. The first-order chi connectivity index (χ1) is 16.4. The van der Waals surface area contributed by atoms with Gasteiger partial charge in [-0.15, -0.1) is 5.10 Å². The third-order valence-electron chi connectivity index (χ3n) is 5.64. The number of unbranched alkanes of at least 4 members (excludes halogenated alkanes) is 3. The second kappa shape index (κ2) is 12.5. The molecule has 5 atom stereocenters. The Hall–Kier alpha value is -2.88. The molecule has 1 saturated heterocycles. The van der Waals surface area contributed by atoms with Crippen molar-refractivity contribution in [3.05, 3.63) is 36.0 Å². The van der Waals surface area contributed by atoms with Crippen molar-refractivity contribution in [1.29, 1.82) is 5.26 Å². The van der Waals surface area contributed by atoms with Gasteiger partial charge < -0.3 is 30.7 Å². The number of hydrogen-bond donors (Lipinski definition) is 4. The van der Waals surface area contributed by atoms with Crippen LogP contribution >= 0.6 is 0 Å². The molecule has 1 fully saturated rings. The lowest BCUT2D eigenvalue weighted by atomic mass is 9.96. The van der Waals surface area contributed by atoms with Gasteiger partial charge in [-0.2, -0.15) is 5.26 Å². The van der Waals surface area contributed by atoms with Gasteiger partial charge >= 0.3 is 0 Å². The molecule has 2 heterocycles. The summed E-state index contributed by atoms with van der Waals surface area (Å²) in [6.07, 6.45) is 0.989. The fourth-order valence-corrected chi connectivity index (χ4v) is 3.86. The minimum atomic E-state index is -1.29. The summed E-state index contributed by atoms with van der Waals surface area (Å²) in [5.74, 6) is -0.365. The van der Waals surface area contributed by atoms with Gasteiger partial charge in [0.25, 0.3) is 0 Å². The molecular weight excluding hydrogens is 440 g/mol. The van der Waals surface area contributed by atoms with Crippen LogP contribution in [0.15, 0.2) is 30.5 Å². The molecule has 1 aromatic heterocycles. The number of hydrogen-bond acceptors (Lipinski definition) is 9. The first-order valence-electron chi connectivity index (χ1n) is 11.4. The zero-order chi connectivity index (χ0) is 24.5. The predicted molar refractivity (Wildman–Crippen MR) is 122 cm³/mol. The highest BCUT2D eigenvalue weighted by Crippen LogP contribution is 2.25. The molecule has 0 saturated carbocycles. The number of nitriles is 1. The summed E-state index contributed by atoms with van der Waals surface area (Å²) in [5.41, 5.74) is 7.31. The second-order valence-corrected chi connectivity index (χ2v) is 8.34. The Labute approximate surface area is 198 Å². The van der Waals surface area contributed by atoms with Crippen molar-refractivity contribution < 1.29 is 24.5 Å². The van der Waals surface area contributed by atoms with E-state index in [1.807, 2.05) is 6.07 Å². The van der Waals surface area contributed by atoms with Crippen molar-refractivity contribution in [3.63, 3.8) is 0 Å². The standard InChI is InChI=1S/C23H32N6O5/c1-15(30)26-20-22(32)21(31)19(34-23(20)33-10-5-3-2-4-9-24)14-29-13-18(27-28-29)17-8-6-7-16(11-17)12-25/h6-8,11,13,19-23,31-32H,2-5,9-10,14,24H2,1H3,(H,26,30). The van der Waals surface area contributed by atoms with Crippen LogP contribution in [0.5, 0.6) is 0 Å². The van der Waals surface area contributed by atoms with Gasteiger partial charge in [-0.1, -0.05) is 30.2 Å². The molecule has 5 N–H and O–H groups in total. The molecule has 1 aliphatic heterocycles. The minimum absolute atomic E-state index is 0.103. The number of carbonyl (C=O) groups excluding carboxylic acids is 1. The zero-order valence-electron chi connectivity index (χ0n) is 19.2. The van der Waals surface area contributed by atoms with Crippen molar-refractivity contribution in [2.24, 2.45) is 5.73 Å². The Morgan fingerprint density at radius 2 is 2.09 bits per heavy atom. The van der Waals surface area contributed by atoms with Crippen molar-refractivity contribution >= 4 is 5.91 Å². The van der Waals surface area contributed by atoms with Crippen LogP contribution in [0, 0.1) is 11.3 Å². The predicted octanol–water partition coefficient (Wildman–Crippen LogP) is 0.304. The lowest BCUT2D eigenvalue weighted by molar-refractivity contribution is -0.267. The summed E-state index contributed by atoms with van der Waals surface area (Å²) in [7, 11) is 0. The maximum atomic E-state index is 11.6. The molecule has 3 rings (SSSR count). The lowest BCUT2D eigenvalue weighted by Crippen LogP contribution is -2.64. The second-order valence-electron chi connectivity index (χ2n) is 8.34. The third-order valence-corrected chi connectivity index (χ3v) is 5.64. The van der Waals surface area contributed by atoms with E-state index in [9.17, 15) is 15.0 Å². The SMILES string of the molecule is CC(=O)NC1C(OCCCCCCN)OC(Cn2cc(-c3cccc(C#N)c3)nn2)C(O)C1O. The van der Waals surface area contributed by atoms with Gasteiger partial charge in [0.1, 0.15) is 30.0 Å². The van der Waals surface area contributed by atoms with Gasteiger partial charge in [0.05, 0.1) is 24.4 Å². The van der Waals surface area contributed by atoms with Gasteiger partial charge in [0.2, 0.25) is 5.91 Å². The number of rotatable bonds is 11. The number of aliphatic hydroxyl groups is 2. The first kappa shape index (κ1) is 25.7. The lowest BCUT2D eigenvalue weighted by Gasteiger charge is -2.42. The van der Waals surface area contributed by atoms with Gasteiger partial charge in [-0.3, -0.25) is 4.79 Å². The quantitative estimate of drug-likeness (QED) is 0.336. The minimum Gasteiger partial charge on any atom is -0.388 e. The van der Waals surface area contributed by atoms with E-state index in [0.29, 0.717) is 24.4 Å². The number of amides is 1. The first-order valence-corrected chi connectivity index (χ1v) is 11.4. The zero-order valence-corrected chi connectivity index (χ0v) is 19.2. The number of aromatic nitrogens is 3. The Morgan fingerprint density at radius 1 is 1.29 bits per heavy atom. The van der Waals surface area contributed by atoms with Crippen LogP contribution < -0.4 is 11.1 Å². The van der Waals surface area contributed by atoms with Crippen molar-refractivity contribution in [3.8, 4) is 17.3 Å². The maximum absolute atomic E-state index is 11.6. The monoisotopic (exact) mass is 472 g/mol. The van der Waals surface area contributed by atoms with E-state index in [4.69, 9.17) is 20.5 Å². The molecule has 34 heavy (non-hydrogen) atoms. The molecule has 1 aromatic carbocycles. The molecule has 184 valence electrons. The molecule has 0 spiro atoms. The highest BCUT2D eigenvalue weighted by molar-refractivity contribution is 5.73. The van der Waals surface area contributed by atoms with Crippen LogP contribution in [0.25, 0.3) is 11.3 Å². The van der Waals surface area contributed by atoms with E-state index >= 15 is 0 Å². The summed E-state index contributed by atoms with van der Waals surface area (Å²) in [5, 5.41) is 41.3. The number of nitrogens with zero attached hydrogens (tertiary/aromatic N) is 4. The summed E-state index contributed by atoms with van der Waals surface area (Å²) >= 11 is 0. The van der Waals surface area contributed by atoms with Crippen molar-refractivity contribution in [2.75, 3.05) is 13.2 Å². The van der Waals surface area contributed by atoms with Gasteiger partial charge in [0.15, 0.2) is 6.29 Å². The van der Waals surface area contributed by atoms with Crippen molar-refractivity contribution in [1.82, 2.24) is 20.3 Å². The molecular formula is C23H32N6O5.